The Morgan fingerprint density at radius 3 is 2.57 bits per heavy atom. The molecular weight excluding hydrogens is 314 g/mol. The van der Waals surface area contributed by atoms with Crippen molar-refractivity contribution in [3.63, 3.8) is 0 Å². The first-order valence-electron chi connectivity index (χ1n) is 6.59. The third kappa shape index (κ3) is 6.83. The van der Waals surface area contributed by atoms with E-state index in [4.69, 9.17) is 5.73 Å². The van der Waals surface area contributed by atoms with E-state index in [1.54, 1.807) is 0 Å². The first-order valence-corrected chi connectivity index (χ1v) is 7.41. The van der Waals surface area contributed by atoms with Crippen LogP contribution in [-0.2, 0) is 16.0 Å². The molecule has 4 N–H and O–H groups in total. The second-order valence-corrected chi connectivity index (χ2v) is 5.85. The van der Waals surface area contributed by atoms with Gasteiger partial charge in [-0.3, -0.25) is 14.9 Å². The molecule has 1 aromatic rings. The highest BCUT2D eigenvalue weighted by atomic mass is 35.5. The van der Waals surface area contributed by atoms with Crippen molar-refractivity contribution in [3.05, 3.63) is 5.01 Å². The van der Waals surface area contributed by atoms with Crippen molar-refractivity contribution in [1.82, 2.24) is 15.5 Å². The standard InChI is InChI=1S/C12H21N5O2S.ClH/c1-4-5-9-16-17-12(20-9)15-8(18)6-14-11(19)10(13)7(2)3;/h7,10H,4-6,13H2,1-3H3,(H,14,19)(H,15,17,18);1H/t10-;/m0./s1. The lowest BCUT2D eigenvalue weighted by atomic mass is 10.1. The molecule has 0 radical (unpaired) electrons. The van der Waals surface area contributed by atoms with Crippen molar-refractivity contribution in [2.24, 2.45) is 11.7 Å². The van der Waals surface area contributed by atoms with Crippen LogP contribution >= 0.6 is 23.7 Å². The highest BCUT2D eigenvalue weighted by molar-refractivity contribution is 7.15. The highest BCUT2D eigenvalue weighted by Crippen LogP contribution is 2.16. The van der Waals surface area contributed by atoms with Crippen LogP contribution in [0.4, 0.5) is 5.13 Å². The van der Waals surface area contributed by atoms with Gasteiger partial charge >= 0.3 is 0 Å². The van der Waals surface area contributed by atoms with Gasteiger partial charge in [0.1, 0.15) is 5.01 Å². The lowest BCUT2D eigenvalue weighted by Gasteiger charge is -2.14. The predicted octanol–water partition coefficient (Wildman–Crippen LogP) is 0.950. The summed E-state index contributed by atoms with van der Waals surface area (Å²) in [5, 5.41) is 14.2. The van der Waals surface area contributed by atoms with Gasteiger partial charge in [-0.15, -0.1) is 22.6 Å². The number of amides is 2. The van der Waals surface area contributed by atoms with Crippen LogP contribution in [0.1, 0.15) is 32.2 Å². The zero-order valence-electron chi connectivity index (χ0n) is 12.4. The molecule has 1 atom stereocenters. The number of nitrogens with zero attached hydrogens (tertiary/aromatic N) is 2. The number of carbonyl (C=O) groups excluding carboxylic acids is 2. The Kier molecular flexibility index (Phi) is 9.07. The van der Waals surface area contributed by atoms with Crippen molar-refractivity contribution in [3.8, 4) is 0 Å². The average Bonchev–Trinajstić information content (AvgIpc) is 2.82. The highest BCUT2D eigenvalue weighted by Gasteiger charge is 2.17. The molecule has 21 heavy (non-hydrogen) atoms. The van der Waals surface area contributed by atoms with Crippen LogP contribution < -0.4 is 16.4 Å². The van der Waals surface area contributed by atoms with Gasteiger partial charge in [0.15, 0.2) is 0 Å². The summed E-state index contributed by atoms with van der Waals surface area (Å²) < 4.78 is 0. The molecule has 1 aromatic heterocycles. The van der Waals surface area contributed by atoms with Crippen molar-refractivity contribution in [1.29, 1.82) is 0 Å². The molecule has 0 aliphatic heterocycles. The van der Waals surface area contributed by atoms with E-state index in [1.165, 1.54) is 11.3 Å². The van der Waals surface area contributed by atoms with E-state index in [-0.39, 0.29) is 36.7 Å². The fourth-order valence-electron chi connectivity index (χ4n) is 1.37. The molecule has 120 valence electrons. The van der Waals surface area contributed by atoms with Crippen molar-refractivity contribution in [2.75, 3.05) is 11.9 Å². The average molecular weight is 336 g/mol. The van der Waals surface area contributed by atoms with Gasteiger partial charge in [-0.1, -0.05) is 32.1 Å². The van der Waals surface area contributed by atoms with E-state index >= 15 is 0 Å². The molecule has 0 aliphatic rings. The summed E-state index contributed by atoms with van der Waals surface area (Å²) in [5.41, 5.74) is 5.67. The molecule has 0 unspecified atom stereocenters. The SMILES string of the molecule is CCCc1nnc(NC(=O)CNC(=O)[C@@H](N)C(C)C)s1.Cl. The lowest BCUT2D eigenvalue weighted by molar-refractivity contribution is -0.125. The Bertz CT molecular complexity index is 466. The Morgan fingerprint density at radius 2 is 2.00 bits per heavy atom. The summed E-state index contributed by atoms with van der Waals surface area (Å²) in [4.78, 5) is 23.2. The smallest absolute Gasteiger partial charge is 0.245 e. The van der Waals surface area contributed by atoms with E-state index in [2.05, 4.69) is 20.8 Å². The number of hydrogen-bond acceptors (Lipinski definition) is 6. The largest absolute Gasteiger partial charge is 0.346 e. The summed E-state index contributed by atoms with van der Waals surface area (Å²) in [5.74, 6) is -0.648. The number of nitrogens with one attached hydrogen (secondary N) is 2. The summed E-state index contributed by atoms with van der Waals surface area (Å²) in [7, 11) is 0. The van der Waals surface area contributed by atoms with Gasteiger partial charge < -0.3 is 11.1 Å². The molecule has 1 rings (SSSR count). The lowest BCUT2D eigenvalue weighted by Crippen LogP contribution is -2.46. The Balaban J connectivity index is 0.00000400. The van der Waals surface area contributed by atoms with E-state index in [9.17, 15) is 9.59 Å². The maximum atomic E-state index is 11.6. The normalized spacial score (nSPS) is 11.7. The first-order chi connectivity index (χ1) is 9.43. The number of nitrogens with two attached hydrogens (primary N) is 1. The molecule has 0 spiro atoms. The number of rotatable bonds is 7. The molecule has 0 aromatic carbocycles. The number of hydrogen-bond donors (Lipinski definition) is 3. The van der Waals surface area contributed by atoms with Gasteiger partial charge in [-0.25, -0.2) is 0 Å². The van der Waals surface area contributed by atoms with Crippen LogP contribution in [-0.4, -0.2) is 34.6 Å². The van der Waals surface area contributed by atoms with Gasteiger partial charge in [0, 0.05) is 6.42 Å². The monoisotopic (exact) mass is 335 g/mol. The van der Waals surface area contributed by atoms with Gasteiger partial charge in [-0.2, -0.15) is 0 Å². The Labute approximate surface area is 134 Å². The predicted molar refractivity (Wildman–Crippen MR) is 85.6 cm³/mol. The van der Waals surface area contributed by atoms with Gasteiger partial charge in [-0.05, 0) is 12.3 Å². The minimum atomic E-state index is -0.611. The van der Waals surface area contributed by atoms with Crippen molar-refractivity contribution >= 4 is 40.7 Å². The second-order valence-electron chi connectivity index (χ2n) is 4.79. The van der Waals surface area contributed by atoms with E-state index < -0.39 is 6.04 Å². The Morgan fingerprint density at radius 1 is 1.33 bits per heavy atom. The molecule has 0 bridgehead atoms. The topological polar surface area (TPSA) is 110 Å². The van der Waals surface area contributed by atoms with Crippen molar-refractivity contribution in [2.45, 2.75) is 39.7 Å². The maximum absolute atomic E-state index is 11.6. The fraction of sp³-hybridized carbons (Fsp3) is 0.667. The van der Waals surface area contributed by atoms with Crippen LogP contribution in [0.25, 0.3) is 0 Å². The van der Waals surface area contributed by atoms with Gasteiger partial charge in [0.25, 0.3) is 0 Å². The molecular formula is C12H22ClN5O2S. The van der Waals surface area contributed by atoms with Crippen LogP contribution in [0.15, 0.2) is 0 Å². The quantitative estimate of drug-likeness (QED) is 0.687. The number of aryl methyl sites for hydroxylation is 1. The van der Waals surface area contributed by atoms with Crippen molar-refractivity contribution < 1.29 is 9.59 Å². The van der Waals surface area contributed by atoms with Gasteiger partial charge in [0.2, 0.25) is 16.9 Å². The van der Waals surface area contributed by atoms with E-state index in [0.29, 0.717) is 5.13 Å². The third-order valence-corrected chi connectivity index (χ3v) is 3.52. The molecule has 0 saturated heterocycles. The van der Waals surface area contributed by atoms with E-state index in [1.807, 2.05) is 20.8 Å². The minimum absolute atomic E-state index is 0. The second kappa shape index (κ2) is 9.64. The molecule has 7 nitrogen and oxygen atoms in total. The molecule has 0 aliphatic carbocycles. The van der Waals surface area contributed by atoms with Crippen LogP contribution in [0, 0.1) is 5.92 Å². The van der Waals surface area contributed by atoms with E-state index in [0.717, 1.165) is 17.8 Å². The zero-order valence-corrected chi connectivity index (χ0v) is 14.0. The fourth-order valence-corrected chi connectivity index (χ4v) is 2.23. The molecule has 1 heterocycles. The number of anilines is 1. The number of halogens is 1. The first kappa shape index (κ1) is 19.8. The molecule has 2 amide bonds. The third-order valence-electron chi connectivity index (χ3n) is 2.62. The van der Waals surface area contributed by atoms with Crippen LogP contribution in [0.3, 0.4) is 0 Å². The summed E-state index contributed by atoms with van der Waals surface area (Å²) in [6, 6.07) is -0.611. The number of carbonyl (C=O) groups is 2. The van der Waals surface area contributed by atoms with Crippen LogP contribution in [0.2, 0.25) is 0 Å². The number of aromatic nitrogens is 2. The van der Waals surface area contributed by atoms with Gasteiger partial charge in [0.05, 0.1) is 12.6 Å². The zero-order chi connectivity index (χ0) is 15.1. The molecule has 9 heteroatoms. The Hall–Kier alpha value is -1.25. The van der Waals surface area contributed by atoms with Crippen LogP contribution in [0.5, 0.6) is 0 Å². The summed E-state index contributed by atoms with van der Waals surface area (Å²) in [6.45, 7) is 5.62. The summed E-state index contributed by atoms with van der Waals surface area (Å²) >= 11 is 1.34. The summed E-state index contributed by atoms with van der Waals surface area (Å²) in [6.07, 6.45) is 1.82. The maximum Gasteiger partial charge on any atom is 0.245 e. The molecule has 0 fully saturated rings. The molecule has 0 saturated carbocycles. The minimum Gasteiger partial charge on any atom is -0.346 e.